The third kappa shape index (κ3) is 6.58. The second kappa shape index (κ2) is 12.3. The fourth-order valence-electron chi connectivity index (χ4n) is 3.97. The molecule has 0 bridgehead atoms. The van der Waals surface area contributed by atoms with E-state index in [0.717, 1.165) is 11.1 Å². The number of amides is 1. The molecule has 0 saturated heterocycles. The van der Waals surface area contributed by atoms with Crippen LogP contribution in [0.4, 0.5) is 14.9 Å². The summed E-state index contributed by atoms with van der Waals surface area (Å²) in [6, 6.07) is 8.32. The normalized spacial score (nSPS) is 11.8. The number of pyridine rings is 1. The van der Waals surface area contributed by atoms with Gasteiger partial charge in [0.1, 0.15) is 30.1 Å². The summed E-state index contributed by atoms with van der Waals surface area (Å²) in [6.07, 6.45) is 3.03. The molecule has 1 amide bonds. The number of nitrogens with one attached hydrogen (secondary N) is 1. The van der Waals surface area contributed by atoms with Gasteiger partial charge in [-0.15, -0.1) is 11.3 Å². The van der Waals surface area contributed by atoms with Crippen LogP contribution in [0.1, 0.15) is 12.5 Å². The predicted octanol–water partition coefficient (Wildman–Crippen LogP) is 5.14. The van der Waals surface area contributed by atoms with Crippen LogP contribution in [-0.4, -0.2) is 64.2 Å². The Morgan fingerprint density at radius 3 is 2.78 bits per heavy atom. The van der Waals surface area contributed by atoms with E-state index in [1.807, 2.05) is 19.1 Å². The first-order chi connectivity index (χ1) is 19.8. The van der Waals surface area contributed by atoms with Gasteiger partial charge in [0, 0.05) is 23.8 Å². The summed E-state index contributed by atoms with van der Waals surface area (Å²) in [4.78, 5) is 29.8. The monoisotopic (exact) mass is 579 g/mol. The highest BCUT2D eigenvalue weighted by Crippen LogP contribution is 2.37. The summed E-state index contributed by atoms with van der Waals surface area (Å²) < 4.78 is 37.1. The van der Waals surface area contributed by atoms with Crippen LogP contribution in [0, 0.1) is 12.7 Å². The summed E-state index contributed by atoms with van der Waals surface area (Å²) in [6.45, 7) is 3.43. The van der Waals surface area contributed by atoms with Crippen molar-refractivity contribution in [2.45, 2.75) is 20.0 Å². The number of aromatic nitrogens is 4. The third-order valence-electron chi connectivity index (χ3n) is 5.75. The van der Waals surface area contributed by atoms with Crippen LogP contribution < -0.4 is 19.5 Å². The van der Waals surface area contributed by atoms with Gasteiger partial charge in [-0.1, -0.05) is 0 Å². The molecule has 0 saturated carbocycles. The lowest BCUT2D eigenvalue weighted by molar-refractivity contribution is 0.0969. The van der Waals surface area contributed by atoms with E-state index in [4.69, 9.17) is 24.1 Å². The summed E-state index contributed by atoms with van der Waals surface area (Å²) in [7, 11) is 1.53. The Morgan fingerprint density at radius 2 is 1.98 bits per heavy atom. The number of hydrogen-bond donors (Lipinski definition) is 2. The largest absolute Gasteiger partial charge is 0.490 e. The maximum absolute atomic E-state index is 15.0. The number of aliphatic hydroxyl groups is 1. The van der Waals surface area contributed by atoms with Crippen molar-refractivity contribution in [3.63, 3.8) is 0 Å². The molecule has 5 aromatic rings. The molecule has 11 nitrogen and oxygen atoms in total. The maximum Gasteiger partial charge on any atom is 0.411 e. The van der Waals surface area contributed by atoms with Crippen LogP contribution in [0.5, 0.6) is 17.4 Å². The number of halogens is 1. The molecule has 3 aromatic heterocycles. The summed E-state index contributed by atoms with van der Waals surface area (Å²) in [5, 5.41) is 12.1. The molecule has 1 atom stereocenters. The van der Waals surface area contributed by atoms with Crippen LogP contribution >= 0.6 is 11.3 Å². The lowest BCUT2D eigenvalue weighted by atomic mass is 10.1. The standard InChI is InChI=1S/C28H26FN5O6S/c1-15-6-19(26-22(7-15)33-25(37-3)13-31-26)27-34-21-9-20(29)23(10-24(21)41-27)40-16(2)14-39-28(36)32-17-8-18(12-30-11-17)38-5-4-35/h6-13,16,35H,4-5,14H2,1-3H3,(H,32,36). The molecule has 41 heavy (non-hydrogen) atoms. The van der Waals surface area contributed by atoms with Gasteiger partial charge in [-0.05, 0) is 31.5 Å². The van der Waals surface area contributed by atoms with E-state index in [2.05, 4.69) is 25.3 Å². The summed E-state index contributed by atoms with van der Waals surface area (Å²) in [5.74, 6) is 0.220. The van der Waals surface area contributed by atoms with Gasteiger partial charge in [0.25, 0.3) is 0 Å². The molecule has 13 heteroatoms. The quantitative estimate of drug-likeness (QED) is 0.229. The van der Waals surface area contributed by atoms with Crippen LogP contribution in [0.15, 0.2) is 48.9 Å². The van der Waals surface area contributed by atoms with Crippen molar-refractivity contribution in [3.8, 4) is 28.0 Å². The number of rotatable bonds is 10. The fourth-order valence-corrected chi connectivity index (χ4v) is 4.96. The van der Waals surface area contributed by atoms with E-state index in [1.54, 1.807) is 25.3 Å². The van der Waals surface area contributed by atoms with Crippen molar-refractivity contribution in [1.29, 1.82) is 0 Å². The highest BCUT2D eigenvalue weighted by Gasteiger charge is 2.18. The number of thiazole rings is 1. The molecule has 2 N–H and O–H groups in total. The smallest absolute Gasteiger partial charge is 0.411 e. The van der Waals surface area contributed by atoms with E-state index < -0.39 is 18.0 Å². The topological polar surface area (TPSA) is 138 Å². The van der Waals surface area contributed by atoms with Crippen molar-refractivity contribution in [1.82, 2.24) is 19.9 Å². The highest BCUT2D eigenvalue weighted by atomic mass is 32.1. The number of hydrogen-bond acceptors (Lipinski definition) is 11. The van der Waals surface area contributed by atoms with Gasteiger partial charge >= 0.3 is 6.09 Å². The molecule has 0 spiro atoms. The van der Waals surface area contributed by atoms with Gasteiger partial charge in [-0.2, -0.15) is 0 Å². The van der Waals surface area contributed by atoms with Crippen molar-refractivity contribution >= 4 is 44.4 Å². The van der Waals surface area contributed by atoms with Gasteiger partial charge in [-0.25, -0.2) is 24.1 Å². The van der Waals surface area contributed by atoms with Crippen molar-refractivity contribution < 1.29 is 33.2 Å². The van der Waals surface area contributed by atoms with Gasteiger partial charge in [0.15, 0.2) is 11.6 Å². The van der Waals surface area contributed by atoms with Crippen molar-refractivity contribution in [2.75, 3.05) is 32.2 Å². The lowest BCUT2D eigenvalue weighted by Crippen LogP contribution is -2.24. The van der Waals surface area contributed by atoms with E-state index in [9.17, 15) is 9.18 Å². The Hall–Kier alpha value is -4.62. The summed E-state index contributed by atoms with van der Waals surface area (Å²) in [5.41, 5.74) is 3.92. The van der Waals surface area contributed by atoms with Gasteiger partial charge in [0.05, 0.1) is 59.2 Å². The fraction of sp³-hybridized carbons (Fsp3) is 0.250. The van der Waals surface area contributed by atoms with Crippen LogP contribution in [0.3, 0.4) is 0 Å². The second-order valence-electron chi connectivity index (χ2n) is 9.00. The molecule has 0 fully saturated rings. The van der Waals surface area contributed by atoms with Crippen LogP contribution in [0.25, 0.3) is 31.8 Å². The highest BCUT2D eigenvalue weighted by molar-refractivity contribution is 7.21. The molecule has 0 aliphatic heterocycles. The first kappa shape index (κ1) is 27.9. The second-order valence-corrected chi connectivity index (χ2v) is 10.0. The minimum Gasteiger partial charge on any atom is -0.490 e. The first-order valence-electron chi connectivity index (χ1n) is 12.5. The maximum atomic E-state index is 15.0. The summed E-state index contributed by atoms with van der Waals surface area (Å²) >= 11 is 1.38. The number of aryl methyl sites for hydroxylation is 1. The number of carbonyl (C=O) groups is 1. The third-order valence-corrected chi connectivity index (χ3v) is 6.80. The SMILES string of the molecule is COc1cnc2c(-c3nc4cc(F)c(OC(C)COC(=O)Nc5cncc(OCCO)c5)cc4s3)cc(C)cc2n1. The van der Waals surface area contributed by atoms with E-state index in [1.165, 1.54) is 36.9 Å². The number of aliphatic hydroxyl groups excluding tert-OH is 1. The number of methoxy groups -OCH3 is 1. The number of carbonyl (C=O) groups excluding carboxylic acids is 1. The first-order valence-corrected chi connectivity index (χ1v) is 13.4. The number of nitrogens with zero attached hydrogens (tertiary/aromatic N) is 4. The van der Waals surface area contributed by atoms with E-state index in [0.29, 0.717) is 43.6 Å². The zero-order valence-corrected chi connectivity index (χ0v) is 23.2. The Bertz CT molecular complexity index is 1720. The van der Waals surface area contributed by atoms with Crippen molar-refractivity contribution in [3.05, 3.63) is 60.3 Å². The Labute approximate surface area is 237 Å². The van der Waals surface area contributed by atoms with Crippen molar-refractivity contribution in [2.24, 2.45) is 0 Å². The van der Waals surface area contributed by atoms with E-state index in [-0.39, 0.29) is 25.6 Å². The van der Waals surface area contributed by atoms with Gasteiger partial charge in [0.2, 0.25) is 5.88 Å². The molecular formula is C28H26FN5O6S. The number of anilines is 1. The number of benzene rings is 2. The number of ether oxygens (including phenoxy) is 4. The predicted molar refractivity (Wildman–Crippen MR) is 151 cm³/mol. The molecule has 0 aliphatic carbocycles. The Morgan fingerprint density at radius 1 is 1.12 bits per heavy atom. The lowest BCUT2D eigenvalue weighted by Gasteiger charge is -2.16. The molecule has 1 unspecified atom stereocenters. The average molecular weight is 580 g/mol. The molecule has 3 heterocycles. The molecule has 0 radical (unpaired) electrons. The van der Waals surface area contributed by atoms with Crippen LogP contribution in [-0.2, 0) is 4.74 Å². The zero-order valence-electron chi connectivity index (χ0n) is 22.4. The molecule has 5 rings (SSSR count). The van der Waals surface area contributed by atoms with Gasteiger partial charge < -0.3 is 24.1 Å². The Balaban J connectivity index is 1.27. The minimum atomic E-state index is -0.740. The average Bonchev–Trinajstić information content (AvgIpc) is 3.37. The molecule has 212 valence electrons. The van der Waals surface area contributed by atoms with Crippen LogP contribution in [0.2, 0.25) is 0 Å². The number of fused-ring (bicyclic) bond motifs is 2. The molecule has 0 aliphatic rings. The molecular weight excluding hydrogens is 553 g/mol. The zero-order chi connectivity index (χ0) is 28.9. The minimum absolute atomic E-state index is 0.0146. The van der Waals surface area contributed by atoms with Gasteiger partial charge in [-0.3, -0.25) is 10.3 Å². The Kier molecular flexibility index (Phi) is 8.36. The van der Waals surface area contributed by atoms with E-state index >= 15 is 0 Å². The molecule has 2 aromatic carbocycles.